The third-order valence-electron chi connectivity index (χ3n) is 14.6. The average molecular weight is 1310 g/mol. The summed E-state index contributed by atoms with van der Waals surface area (Å²) >= 11 is 0. The number of hydrogen-bond acceptors (Lipinski definition) is 19. The standard InChI is InChI=1S/C58H99N15O17Si/c1-13-30(8)39-53(85)71-40(31(9)75)52(84)64-24-38(76)69-42(45(78)47(60)79)55(87)68-37(25-74)57(89)90-46(32-18-15-14-16-19-32)43(73-51(83)36(23-28(4)5)66-48(80)33(59)26-91(10,11)12)56(88)72-41(44(77)29(6)7)54(86)67-35(22-27(2)3)50(82)65-34(49(81)70-39)20-17-21-63-58(61)62/h14-16,18-19,27-31,33-37,39-46,74-75,77-78H,13,17,20-26,59H2,1-12H3,(H2,60,79)(H,64,84)(H,65,82)(H,66,80)(H,67,86)(H,68,87)(H,69,76)(H,70,81)(H,71,85)(H,72,88)(H,73,83)(H4,61,62,63)/t30-,31-,33+,34+,35-,36-,37-,39?,40?,41-,42-,43-,44+,45-,46+/m0/s1. The van der Waals surface area contributed by atoms with Gasteiger partial charge in [0.15, 0.2) is 24.2 Å². The first kappa shape index (κ1) is 79.2. The minimum atomic E-state index is -2.57. The average Bonchev–Trinajstić information content (AvgIpc) is 1.09. The number of nitrogens with two attached hydrogens (primary N) is 4. The highest BCUT2D eigenvalue weighted by molar-refractivity contribution is 6.76. The van der Waals surface area contributed by atoms with Crippen molar-refractivity contribution in [2.45, 2.75) is 205 Å². The summed E-state index contributed by atoms with van der Waals surface area (Å²) in [7, 11) is -1.98. The number of guanidine groups is 1. The summed E-state index contributed by atoms with van der Waals surface area (Å²) < 4.78 is 5.94. The number of aliphatic hydroxyl groups excluding tert-OH is 4. The van der Waals surface area contributed by atoms with Crippen LogP contribution in [-0.4, -0.2) is 204 Å². The van der Waals surface area contributed by atoms with E-state index < -0.39 is 189 Å². The van der Waals surface area contributed by atoms with E-state index >= 15 is 4.79 Å². The number of aliphatic hydroxyl groups is 4. The second kappa shape index (κ2) is 37.5. The van der Waals surface area contributed by atoms with Crippen LogP contribution >= 0.6 is 0 Å². The predicted octanol–water partition coefficient (Wildman–Crippen LogP) is -5.14. The van der Waals surface area contributed by atoms with Crippen LogP contribution in [0, 0.1) is 23.7 Å². The van der Waals surface area contributed by atoms with Crippen LogP contribution in [-0.2, 0) is 62.3 Å². The van der Waals surface area contributed by atoms with Gasteiger partial charge in [-0.05, 0) is 67.9 Å². The molecule has 0 spiro atoms. The molecule has 2 unspecified atom stereocenters. The molecule has 0 aromatic heterocycles. The SMILES string of the molecule is CC[C@H](C)C1NC(=O)[C@@H](CCCN=C(N)N)NC(=O)[C@H](CC(C)C)NC(=O)[C@H]([C@H](O)C(C)C)NC(=O)[C@@H](NC(=O)[C@H](CC(C)C)NC(=O)[C@H](N)C[Si](C)(C)C)[C@@H](c2ccccc2)OC(=O)[C@H](CO)NC(=O)[C@H]([C@H](O)C(N)=O)NC(=O)CNC(=O)C([C@H](C)O)NC1=O. The van der Waals surface area contributed by atoms with Crippen LogP contribution in [0.25, 0.3) is 0 Å². The van der Waals surface area contributed by atoms with Gasteiger partial charge in [-0.2, -0.15) is 0 Å². The normalized spacial score (nSPS) is 24.7. The van der Waals surface area contributed by atoms with Gasteiger partial charge in [-0.1, -0.05) is 112 Å². The monoisotopic (exact) mass is 1310 g/mol. The Labute approximate surface area is 531 Å². The maximum Gasteiger partial charge on any atom is 0.331 e. The lowest BCUT2D eigenvalue weighted by Crippen LogP contribution is -2.64. The molecule has 512 valence electrons. The maximum absolute atomic E-state index is 15.4. The third-order valence-corrected chi connectivity index (χ3v) is 16.2. The molecular weight excluding hydrogens is 1210 g/mol. The van der Waals surface area contributed by atoms with Gasteiger partial charge in [-0.25, -0.2) is 4.79 Å². The predicted molar refractivity (Wildman–Crippen MR) is 335 cm³/mol. The van der Waals surface area contributed by atoms with E-state index in [-0.39, 0.29) is 62.0 Å². The second-order valence-corrected chi connectivity index (χ2v) is 30.7. The molecule has 1 saturated heterocycles. The zero-order valence-electron chi connectivity index (χ0n) is 54.0. The summed E-state index contributed by atoms with van der Waals surface area (Å²) in [6.45, 7) is 17.7. The fourth-order valence-electron chi connectivity index (χ4n) is 9.39. The molecule has 33 heteroatoms. The largest absolute Gasteiger partial charge is 0.453 e. The fourth-order valence-corrected chi connectivity index (χ4v) is 10.9. The lowest BCUT2D eigenvalue weighted by molar-refractivity contribution is -0.159. The van der Waals surface area contributed by atoms with Crippen LogP contribution in [0.3, 0.4) is 0 Å². The lowest BCUT2D eigenvalue weighted by atomic mass is 9.95. The van der Waals surface area contributed by atoms with Crippen molar-refractivity contribution in [1.82, 2.24) is 53.2 Å². The Hall–Kier alpha value is -7.85. The minimum absolute atomic E-state index is 0.0471. The van der Waals surface area contributed by atoms with Gasteiger partial charge in [-0.3, -0.25) is 57.7 Å². The summed E-state index contributed by atoms with van der Waals surface area (Å²) in [6.07, 6.45) is -8.23. The van der Waals surface area contributed by atoms with E-state index in [1.54, 1.807) is 41.5 Å². The van der Waals surface area contributed by atoms with Gasteiger partial charge in [0.25, 0.3) is 0 Å². The number of cyclic esters (lactones) is 1. The molecule has 1 aliphatic heterocycles. The number of amides is 11. The molecular formula is C58H99N15O17Si. The summed E-state index contributed by atoms with van der Waals surface area (Å²) in [6, 6.07) is -10.4. The summed E-state index contributed by atoms with van der Waals surface area (Å²) in [5.74, 6) is -17.1. The van der Waals surface area contributed by atoms with Gasteiger partial charge in [-0.15, -0.1) is 0 Å². The van der Waals surface area contributed by atoms with Crippen molar-refractivity contribution in [1.29, 1.82) is 0 Å². The van der Waals surface area contributed by atoms with Crippen molar-refractivity contribution in [3.63, 3.8) is 0 Å². The first-order chi connectivity index (χ1) is 42.3. The summed E-state index contributed by atoms with van der Waals surface area (Å²) in [5.41, 5.74) is 22.7. The van der Waals surface area contributed by atoms with E-state index in [2.05, 4.69) is 47.5 Å². The summed E-state index contributed by atoms with van der Waals surface area (Å²) in [5, 5.41) is 68.2. The first-order valence-corrected chi connectivity index (χ1v) is 34.1. The molecule has 22 N–H and O–H groups in total. The second-order valence-electron chi connectivity index (χ2n) is 25.2. The van der Waals surface area contributed by atoms with Crippen molar-refractivity contribution >= 4 is 85.0 Å². The lowest BCUT2D eigenvalue weighted by Gasteiger charge is -2.34. The molecule has 1 heterocycles. The van der Waals surface area contributed by atoms with E-state index in [0.717, 1.165) is 6.92 Å². The molecule has 91 heavy (non-hydrogen) atoms. The van der Waals surface area contributed by atoms with Crippen molar-refractivity contribution in [2.24, 2.45) is 51.6 Å². The van der Waals surface area contributed by atoms with Crippen LogP contribution < -0.4 is 76.1 Å². The topological polar surface area (TPSA) is 532 Å². The number of aliphatic imine (C=N–C) groups is 1. The van der Waals surface area contributed by atoms with Crippen molar-refractivity contribution in [3.05, 3.63) is 35.9 Å². The van der Waals surface area contributed by atoms with Gasteiger partial charge in [0.05, 0.1) is 31.4 Å². The number of nitrogens with one attached hydrogen (secondary N) is 10. The van der Waals surface area contributed by atoms with Crippen LogP contribution in [0.5, 0.6) is 0 Å². The Bertz CT molecular complexity index is 2690. The zero-order chi connectivity index (χ0) is 69.4. The van der Waals surface area contributed by atoms with E-state index in [4.69, 9.17) is 27.7 Å². The molecule has 0 aliphatic carbocycles. The molecule has 0 radical (unpaired) electrons. The molecule has 1 aromatic carbocycles. The Morgan fingerprint density at radius 1 is 0.681 bits per heavy atom. The number of nitrogens with zero attached hydrogens (tertiary/aromatic N) is 1. The zero-order valence-corrected chi connectivity index (χ0v) is 55.0. The molecule has 1 aromatic rings. The minimum Gasteiger partial charge on any atom is -0.453 e. The Morgan fingerprint density at radius 2 is 1.23 bits per heavy atom. The van der Waals surface area contributed by atoms with Gasteiger partial charge < -0.3 is 101 Å². The quantitative estimate of drug-likeness (QED) is 0.0160. The Morgan fingerprint density at radius 3 is 1.76 bits per heavy atom. The van der Waals surface area contributed by atoms with Crippen molar-refractivity contribution < 1.29 is 82.7 Å². The third kappa shape index (κ3) is 26.5. The van der Waals surface area contributed by atoms with Crippen LogP contribution in [0.15, 0.2) is 35.3 Å². The number of rotatable bonds is 23. The number of hydrogen-bond donors (Lipinski definition) is 18. The highest BCUT2D eigenvalue weighted by atomic mass is 28.3. The molecule has 32 nitrogen and oxygen atoms in total. The number of benzene rings is 1. The molecule has 1 aliphatic rings. The number of primary amides is 1. The molecule has 0 bridgehead atoms. The maximum atomic E-state index is 15.4. The number of ether oxygens (including phenoxy) is 1. The molecule has 0 saturated carbocycles. The van der Waals surface area contributed by atoms with E-state index in [9.17, 15) is 73.2 Å². The molecule has 15 atom stereocenters. The van der Waals surface area contributed by atoms with Gasteiger partial charge in [0.1, 0.15) is 48.3 Å². The smallest absolute Gasteiger partial charge is 0.331 e. The van der Waals surface area contributed by atoms with Crippen molar-refractivity contribution in [3.8, 4) is 0 Å². The number of esters is 1. The van der Waals surface area contributed by atoms with E-state index in [0.29, 0.717) is 6.04 Å². The highest BCUT2D eigenvalue weighted by Crippen LogP contribution is 2.25. The van der Waals surface area contributed by atoms with Crippen LogP contribution in [0.1, 0.15) is 106 Å². The first-order valence-electron chi connectivity index (χ1n) is 30.3. The summed E-state index contributed by atoms with van der Waals surface area (Å²) in [4.78, 5) is 174. The number of carbonyl (C=O) groups is 12. The van der Waals surface area contributed by atoms with Gasteiger partial charge in [0, 0.05) is 14.6 Å². The van der Waals surface area contributed by atoms with Gasteiger partial charge >= 0.3 is 5.97 Å². The van der Waals surface area contributed by atoms with E-state index in [1.165, 1.54) is 44.2 Å². The Balaban J connectivity index is 3.14. The van der Waals surface area contributed by atoms with Crippen LogP contribution in [0.4, 0.5) is 0 Å². The van der Waals surface area contributed by atoms with Gasteiger partial charge in [0.2, 0.25) is 65.0 Å². The fraction of sp³-hybridized carbons (Fsp3) is 0.672. The molecule has 2 rings (SSSR count). The van der Waals surface area contributed by atoms with Crippen molar-refractivity contribution in [2.75, 3.05) is 19.7 Å². The number of carbonyl (C=O) groups excluding carboxylic acids is 12. The molecule has 11 amide bonds. The highest BCUT2D eigenvalue weighted by Gasteiger charge is 2.44. The van der Waals surface area contributed by atoms with E-state index in [1.807, 2.05) is 30.3 Å². The molecule has 1 fully saturated rings. The van der Waals surface area contributed by atoms with Crippen LogP contribution in [0.2, 0.25) is 25.7 Å². The Kier molecular flexibility index (Phi) is 32.6.